The highest BCUT2D eigenvalue weighted by molar-refractivity contribution is 14.1. The summed E-state index contributed by atoms with van der Waals surface area (Å²) < 4.78 is 2.14. The molecule has 0 spiro atoms. The van der Waals surface area contributed by atoms with Crippen LogP contribution in [0.25, 0.3) is 0 Å². The highest BCUT2D eigenvalue weighted by Gasteiger charge is 2.08. The minimum Gasteiger partial charge on any atom is -0.288 e. The number of halogens is 1. The van der Waals surface area contributed by atoms with Crippen LogP contribution in [-0.2, 0) is 0 Å². The third-order valence-electron chi connectivity index (χ3n) is 2.12. The Labute approximate surface area is 100 Å². The molecule has 0 unspecified atom stereocenters. The van der Waals surface area contributed by atoms with Crippen LogP contribution in [0.15, 0.2) is 48.9 Å². The molecule has 0 saturated carbocycles. The predicted octanol–water partition coefficient (Wildman–Crippen LogP) is 4.35. The topological polar surface area (TPSA) is 3.24 Å². The van der Waals surface area contributed by atoms with Crippen molar-refractivity contribution >= 4 is 22.9 Å². The molecule has 1 rings (SSSR count). The van der Waals surface area contributed by atoms with E-state index in [1.165, 1.54) is 5.70 Å². The fourth-order valence-electron chi connectivity index (χ4n) is 1.29. The Hall–Kier alpha value is -0.510. The normalized spacial score (nSPS) is 14.8. The second kappa shape index (κ2) is 6.06. The summed E-state index contributed by atoms with van der Waals surface area (Å²) in [5.74, 6) is 0. The maximum Gasteiger partial charge on any atom is 0.0642 e. The molecular formula is C12H16IN. The van der Waals surface area contributed by atoms with Crippen molar-refractivity contribution in [1.82, 2.24) is 3.11 Å². The molecule has 2 heteroatoms. The highest BCUT2D eigenvalue weighted by atomic mass is 127. The Morgan fingerprint density at radius 2 is 2.36 bits per heavy atom. The summed E-state index contributed by atoms with van der Waals surface area (Å²) in [5.41, 5.74) is 2.40. The van der Waals surface area contributed by atoms with E-state index in [9.17, 15) is 0 Å². The van der Waals surface area contributed by atoms with Gasteiger partial charge in [0, 0.05) is 11.4 Å². The Morgan fingerprint density at radius 1 is 1.57 bits per heavy atom. The van der Waals surface area contributed by atoms with E-state index in [0.717, 1.165) is 31.4 Å². The minimum absolute atomic E-state index is 0.984. The van der Waals surface area contributed by atoms with Gasteiger partial charge in [-0.05, 0) is 31.8 Å². The molecule has 0 aromatic heterocycles. The van der Waals surface area contributed by atoms with Gasteiger partial charge in [0.05, 0.1) is 22.9 Å². The Kier molecular flexibility index (Phi) is 5.01. The molecule has 1 nitrogen and oxygen atoms in total. The maximum absolute atomic E-state index is 4.06. The van der Waals surface area contributed by atoms with Gasteiger partial charge in [0.2, 0.25) is 0 Å². The first-order chi connectivity index (χ1) is 6.75. The van der Waals surface area contributed by atoms with E-state index in [2.05, 4.69) is 57.4 Å². The first kappa shape index (κ1) is 11.6. The van der Waals surface area contributed by atoms with Crippen molar-refractivity contribution in [1.29, 1.82) is 0 Å². The van der Waals surface area contributed by atoms with Crippen LogP contribution < -0.4 is 0 Å². The molecule has 14 heavy (non-hydrogen) atoms. The molecule has 76 valence electrons. The zero-order valence-electron chi connectivity index (χ0n) is 8.38. The fourth-order valence-corrected chi connectivity index (χ4v) is 1.89. The van der Waals surface area contributed by atoms with E-state index in [4.69, 9.17) is 0 Å². The van der Waals surface area contributed by atoms with Crippen LogP contribution in [0.1, 0.15) is 25.7 Å². The van der Waals surface area contributed by atoms with E-state index in [1.54, 1.807) is 0 Å². The van der Waals surface area contributed by atoms with Gasteiger partial charge in [-0.2, -0.15) is 0 Å². The second-order valence-electron chi connectivity index (χ2n) is 3.28. The average Bonchev–Trinajstić information content (AvgIpc) is 2.26. The van der Waals surface area contributed by atoms with Crippen molar-refractivity contribution in [2.75, 3.05) is 0 Å². The first-order valence-corrected chi connectivity index (χ1v) is 5.83. The number of nitrogens with zero attached hydrogens (tertiary/aromatic N) is 1. The minimum atomic E-state index is 0.984. The van der Waals surface area contributed by atoms with Gasteiger partial charge in [0.1, 0.15) is 0 Å². The molecule has 0 radical (unpaired) electrons. The smallest absolute Gasteiger partial charge is 0.0642 e. The van der Waals surface area contributed by atoms with E-state index in [0.29, 0.717) is 0 Å². The third kappa shape index (κ3) is 3.33. The predicted molar refractivity (Wildman–Crippen MR) is 70.9 cm³/mol. The van der Waals surface area contributed by atoms with Crippen LogP contribution >= 0.6 is 22.9 Å². The van der Waals surface area contributed by atoms with Gasteiger partial charge in [0.15, 0.2) is 0 Å². The summed E-state index contributed by atoms with van der Waals surface area (Å²) in [6.45, 7) is 7.78. The highest BCUT2D eigenvalue weighted by Crippen LogP contribution is 2.24. The number of hydrogen-bond donors (Lipinski definition) is 0. The summed E-state index contributed by atoms with van der Waals surface area (Å²) in [4.78, 5) is 0. The van der Waals surface area contributed by atoms with Crippen molar-refractivity contribution in [2.24, 2.45) is 0 Å². The molecule has 0 aromatic carbocycles. The fraction of sp³-hybridized carbons (Fsp3) is 0.333. The van der Waals surface area contributed by atoms with Crippen molar-refractivity contribution in [3.8, 4) is 0 Å². The number of allylic oxidation sites excluding steroid dienone is 5. The molecule has 0 heterocycles. The third-order valence-corrected chi connectivity index (χ3v) is 3.36. The lowest BCUT2D eigenvalue weighted by Crippen LogP contribution is -2.09. The van der Waals surface area contributed by atoms with E-state index >= 15 is 0 Å². The quantitative estimate of drug-likeness (QED) is 0.414. The molecule has 0 N–H and O–H groups in total. The lowest BCUT2D eigenvalue weighted by Gasteiger charge is -2.21. The molecule has 0 saturated heterocycles. The molecule has 0 amide bonds. The summed E-state index contributed by atoms with van der Waals surface area (Å²) >= 11 is 2.31. The van der Waals surface area contributed by atoms with Crippen molar-refractivity contribution in [2.45, 2.75) is 25.7 Å². The van der Waals surface area contributed by atoms with Gasteiger partial charge < -0.3 is 0 Å². The summed E-state index contributed by atoms with van der Waals surface area (Å²) in [7, 11) is 0. The summed E-state index contributed by atoms with van der Waals surface area (Å²) in [5, 5.41) is 0. The standard InChI is InChI=1S/C12H16IN/c1-3-4-8-11(2)14(13)12-9-6-5-7-10-12/h3,6,9-10H,1-2,4-5,7-8H2. The first-order valence-electron chi connectivity index (χ1n) is 4.87. The summed E-state index contributed by atoms with van der Waals surface area (Å²) in [6.07, 6.45) is 12.8. The molecule has 0 bridgehead atoms. The van der Waals surface area contributed by atoms with E-state index in [-0.39, 0.29) is 0 Å². The molecule has 1 aliphatic carbocycles. The van der Waals surface area contributed by atoms with Crippen molar-refractivity contribution in [3.05, 3.63) is 48.9 Å². The van der Waals surface area contributed by atoms with Crippen LogP contribution in [0.2, 0.25) is 0 Å². The van der Waals surface area contributed by atoms with Gasteiger partial charge in [-0.15, -0.1) is 6.58 Å². The lowest BCUT2D eigenvalue weighted by molar-refractivity contribution is 0.706. The molecule has 0 aliphatic heterocycles. The van der Waals surface area contributed by atoms with Crippen LogP contribution in [0.3, 0.4) is 0 Å². The van der Waals surface area contributed by atoms with E-state index in [1.807, 2.05) is 6.08 Å². The van der Waals surface area contributed by atoms with Crippen molar-refractivity contribution in [3.63, 3.8) is 0 Å². The lowest BCUT2D eigenvalue weighted by atomic mass is 10.1. The Balaban J connectivity index is 2.51. The van der Waals surface area contributed by atoms with Gasteiger partial charge in [-0.25, -0.2) is 0 Å². The second-order valence-corrected chi connectivity index (χ2v) is 4.25. The van der Waals surface area contributed by atoms with E-state index < -0.39 is 0 Å². The van der Waals surface area contributed by atoms with Gasteiger partial charge >= 0.3 is 0 Å². The van der Waals surface area contributed by atoms with Crippen LogP contribution in [0, 0.1) is 0 Å². The molecular weight excluding hydrogens is 285 g/mol. The zero-order valence-corrected chi connectivity index (χ0v) is 10.5. The zero-order chi connectivity index (χ0) is 10.4. The van der Waals surface area contributed by atoms with Crippen LogP contribution in [-0.4, -0.2) is 3.11 Å². The molecule has 0 aromatic rings. The SMILES string of the molecule is C=CCCC(=C)N(I)C1=CCCC=C1. The molecule has 1 aliphatic rings. The van der Waals surface area contributed by atoms with Gasteiger partial charge in [0.25, 0.3) is 0 Å². The Morgan fingerprint density at radius 3 is 2.93 bits per heavy atom. The van der Waals surface area contributed by atoms with Crippen LogP contribution in [0.5, 0.6) is 0 Å². The maximum atomic E-state index is 4.06. The molecule has 0 atom stereocenters. The van der Waals surface area contributed by atoms with Crippen LogP contribution in [0.4, 0.5) is 0 Å². The number of hydrogen-bond acceptors (Lipinski definition) is 1. The van der Waals surface area contributed by atoms with Crippen molar-refractivity contribution < 1.29 is 0 Å². The van der Waals surface area contributed by atoms with Gasteiger partial charge in [-0.1, -0.05) is 24.8 Å². The van der Waals surface area contributed by atoms with Gasteiger partial charge in [-0.3, -0.25) is 3.11 Å². The number of rotatable bonds is 5. The molecule has 0 fully saturated rings. The summed E-state index contributed by atoms with van der Waals surface area (Å²) in [6, 6.07) is 0. The largest absolute Gasteiger partial charge is 0.288 e. The average molecular weight is 301 g/mol. The monoisotopic (exact) mass is 301 g/mol. The Bertz CT molecular complexity index is 276.